The number of benzene rings is 1. The molecule has 1 aromatic heterocycles. The third-order valence-corrected chi connectivity index (χ3v) is 4.38. The Labute approximate surface area is 128 Å². The molecule has 1 N–H and O–H groups in total. The summed E-state index contributed by atoms with van der Waals surface area (Å²) < 4.78 is 6.00. The standard InChI is InChI=1S/C16H18N4O2/c21-16(20-10-4-7-12-15(20)18-19-17-12)14-9-8-13(22-14)11-5-2-1-3-6-11/h1-3,5-6,13-14H,4,7-10H2,(H,17,18,19)/t13-,14+/m0/s1. The van der Waals surface area contributed by atoms with Gasteiger partial charge in [0, 0.05) is 6.54 Å². The molecule has 2 atom stereocenters. The van der Waals surface area contributed by atoms with E-state index in [4.69, 9.17) is 4.74 Å². The zero-order chi connectivity index (χ0) is 14.9. The Morgan fingerprint density at radius 3 is 2.95 bits per heavy atom. The minimum absolute atomic E-state index is 0.00767. The van der Waals surface area contributed by atoms with E-state index in [0.717, 1.165) is 36.9 Å². The molecule has 4 rings (SSSR count). The molecule has 0 spiro atoms. The first-order chi connectivity index (χ1) is 10.8. The highest BCUT2D eigenvalue weighted by atomic mass is 16.5. The molecule has 1 saturated heterocycles. The molecule has 2 aliphatic rings. The van der Waals surface area contributed by atoms with Crippen molar-refractivity contribution >= 4 is 11.7 Å². The second-order valence-electron chi connectivity index (χ2n) is 5.79. The predicted molar refractivity (Wildman–Crippen MR) is 80.3 cm³/mol. The number of ether oxygens (including phenoxy) is 1. The first kappa shape index (κ1) is 13.5. The topological polar surface area (TPSA) is 71.1 Å². The van der Waals surface area contributed by atoms with Gasteiger partial charge in [0.05, 0.1) is 6.10 Å². The number of aryl methyl sites for hydroxylation is 1. The summed E-state index contributed by atoms with van der Waals surface area (Å²) in [5.41, 5.74) is 2.01. The predicted octanol–water partition coefficient (Wildman–Crippen LogP) is 2.00. The number of nitrogens with one attached hydrogen (secondary N) is 1. The number of hydrogen-bond donors (Lipinski definition) is 1. The molecule has 0 saturated carbocycles. The van der Waals surface area contributed by atoms with E-state index in [2.05, 4.69) is 15.4 Å². The van der Waals surface area contributed by atoms with Crippen molar-refractivity contribution in [2.75, 3.05) is 11.4 Å². The Bertz CT molecular complexity index is 670. The average Bonchev–Trinajstić information content (AvgIpc) is 3.24. The Balaban J connectivity index is 1.49. The van der Waals surface area contributed by atoms with E-state index >= 15 is 0 Å². The van der Waals surface area contributed by atoms with Crippen LogP contribution in [0, 0.1) is 0 Å². The molecule has 6 heteroatoms. The molecule has 114 valence electrons. The van der Waals surface area contributed by atoms with Crippen LogP contribution in [0.3, 0.4) is 0 Å². The van der Waals surface area contributed by atoms with Crippen molar-refractivity contribution in [3.05, 3.63) is 41.6 Å². The van der Waals surface area contributed by atoms with Gasteiger partial charge in [-0.3, -0.25) is 9.69 Å². The molecule has 0 radical (unpaired) electrons. The number of fused-ring (bicyclic) bond motifs is 1. The van der Waals surface area contributed by atoms with Gasteiger partial charge in [-0.25, -0.2) is 0 Å². The minimum Gasteiger partial charge on any atom is -0.360 e. The number of anilines is 1. The number of amides is 1. The molecule has 0 unspecified atom stereocenters. The fourth-order valence-electron chi connectivity index (χ4n) is 3.26. The maximum Gasteiger partial charge on any atom is 0.257 e. The average molecular weight is 298 g/mol. The van der Waals surface area contributed by atoms with Gasteiger partial charge in [0.25, 0.3) is 5.91 Å². The largest absolute Gasteiger partial charge is 0.360 e. The van der Waals surface area contributed by atoms with Crippen LogP contribution in [0.25, 0.3) is 0 Å². The molecule has 2 aromatic rings. The highest BCUT2D eigenvalue weighted by Crippen LogP contribution is 2.34. The second kappa shape index (κ2) is 5.53. The van der Waals surface area contributed by atoms with Crippen molar-refractivity contribution in [1.82, 2.24) is 15.4 Å². The molecule has 0 bridgehead atoms. The summed E-state index contributed by atoms with van der Waals surface area (Å²) in [7, 11) is 0. The SMILES string of the molecule is O=C([C@H]1CC[C@@H](c2ccccc2)O1)N1CCCc2n[nH]nc21. The first-order valence-corrected chi connectivity index (χ1v) is 7.74. The van der Waals surface area contributed by atoms with Crippen LogP contribution in [0.5, 0.6) is 0 Å². The molecule has 1 amide bonds. The van der Waals surface area contributed by atoms with Gasteiger partial charge < -0.3 is 4.74 Å². The Morgan fingerprint density at radius 2 is 2.09 bits per heavy atom. The number of rotatable bonds is 2. The van der Waals surface area contributed by atoms with Gasteiger partial charge in [-0.15, -0.1) is 5.10 Å². The first-order valence-electron chi connectivity index (χ1n) is 7.74. The van der Waals surface area contributed by atoms with E-state index in [0.29, 0.717) is 12.4 Å². The number of H-pyrrole nitrogens is 1. The molecule has 0 aliphatic carbocycles. The zero-order valence-corrected chi connectivity index (χ0v) is 12.2. The summed E-state index contributed by atoms with van der Waals surface area (Å²) in [6.45, 7) is 0.689. The van der Waals surface area contributed by atoms with E-state index in [1.54, 1.807) is 4.90 Å². The summed E-state index contributed by atoms with van der Waals surface area (Å²) in [6, 6.07) is 10.1. The van der Waals surface area contributed by atoms with Crippen molar-refractivity contribution < 1.29 is 9.53 Å². The molecular formula is C16H18N4O2. The number of aromatic nitrogens is 3. The quantitative estimate of drug-likeness (QED) is 0.920. The molecule has 3 heterocycles. The summed E-state index contributed by atoms with van der Waals surface area (Å²) >= 11 is 0. The van der Waals surface area contributed by atoms with Crippen LogP contribution < -0.4 is 4.90 Å². The van der Waals surface area contributed by atoms with Crippen LogP contribution in [-0.2, 0) is 16.0 Å². The van der Waals surface area contributed by atoms with E-state index in [1.807, 2.05) is 30.3 Å². The maximum atomic E-state index is 12.8. The van der Waals surface area contributed by atoms with Gasteiger partial charge in [-0.05, 0) is 31.2 Å². The van der Waals surface area contributed by atoms with Crippen LogP contribution in [-0.4, -0.2) is 34.0 Å². The van der Waals surface area contributed by atoms with Crippen LogP contribution in [0.2, 0.25) is 0 Å². The molecule has 1 fully saturated rings. The second-order valence-corrected chi connectivity index (χ2v) is 5.79. The lowest BCUT2D eigenvalue weighted by molar-refractivity contribution is -0.129. The van der Waals surface area contributed by atoms with E-state index in [-0.39, 0.29) is 18.1 Å². The highest BCUT2D eigenvalue weighted by Gasteiger charge is 2.37. The lowest BCUT2D eigenvalue weighted by Crippen LogP contribution is -2.42. The third-order valence-electron chi connectivity index (χ3n) is 4.38. The molecule has 6 nitrogen and oxygen atoms in total. The van der Waals surface area contributed by atoms with Gasteiger partial charge in [-0.2, -0.15) is 10.3 Å². The van der Waals surface area contributed by atoms with E-state index in [1.165, 1.54) is 0 Å². The van der Waals surface area contributed by atoms with Crippen molar-refractivity contribution in [2.45, 2.75) is 37.9 Å². The van der Waals surface area contributed by atoms with Crippen LogP contribution >= 0.6 is 0 Å². The van der Waals surface area contributed by atoms with Gasteiger partial charge in [0.15, 0.2) is 5.82 Å². The van der Waals surface area contributed by atoms with Crippen LogP contribution in [0.1, 0.15) is 36.6 Å². The Morgan fingerprint density at radius 1 is 1.23 bits per heavy atom. The lowest BCUT2D eigenvalue weighted by atomic mass is 10.1. The monoisotopic (exact) mass is 298 g/mol. The molecular weight excluding hydrogens is 280 g/mol. The van der Waals surface area contributed by atoms with Gasteiger partial charge >= 0.3 is 0 Å². The zero-order valence-electron chi connectivity index (χ0n) is 12.2. The molecule has 2 aliphatic heterocycles. The fourth-order valence-corrected chi connectivity index (χ4v) is 3.26. The lowest BCUT2D eigenvalue weighted by Gasteiger charge is -2.27. The Hall–Kier alpha value is -2.21. The number of carbonyl (C=O) groups excluding carboxylic acids is 1. The summed E-state index contributed by atoms with van der Waals surface area (Å²) in [6.07, 6.45) is 3.04. The fraction of sp³-hybridized carbons (Fsp3) is 0.438. The summed E-state index contributed by atoms with van der Waals surface area (Å²) in [4.78, 5) is 14.5. The van der Waals surface area contributed by atoms with Crippen molar-refractivity contribution in [1.29, 1.82) is 0 Å². The van der Waals surface area contributed by atoms with Gasteiger partial charge in [0.1, 0.15) is 11.8 Å². The molecule has 22 heavy (non-hydrogen) atoms. The van der Waals surface area contributed by atoms with E-state index in [9.17, 15) is 4.79 Å². The Kier molecular flexibility index (Phi) is 3.38. The summed E-state index contributed by atoms with van der Waals surface area (Å²) in [5, 5.41) is 10.8. The van der Waals surface area contributed by atoms with Gasteiger partial charge in [0.2, 0.25) is 0 Å². The number of aromatic amines is 1. The van der Waals surface area contributed by atoms with Crippen LogP contribution in [0.4, 0.5) is 5.82 Å². The normalized spacial score (nSPS) is 24.3. The summed E-state index contributed by atoms with van der Waals surface area (Å²) in [5.74, 6) is 0.677. The van der Waals surface area contributed by atoms with Crippen molar-refractivity contribution in [3.8, 4) is 0 Å². The number of hydrogen-bond acceptors (Lipinski definition) is 4. The van der Waals surface area contributed by atoms with Crippen molar-refractivity contribution in [2.24, 2.45) is 0 Å². The number of nitrogens with zero attached hydrogens (tertiary/aromatic N) is 3. The van der Waals surface area contributed by atoms with Crippen molar-refractivity contribution in [3.63, 3.8) is 0 Å². The van der Waals surface area contributed by atoms with Crippen LogP contribution in [0.15, 0.2) is 30.3 Å². The smallest absolute Gasteiger partial charge is 0.257 e. The highest BCUT2D eigenvalue weighted by molar-refractivity contribution is 5.96. The minimum atomic E-state index is -0.382. The molecule has 1 aromatic carbocycles. The maximum absolute atomic E-state index is 12.8. The van der Waals surface area contributed by atoms with E-state index < -0.39 is 0 Å². The third kappa shape index (κ3) is 2.29. The number of carbonyl (C=O) groups is 1. The van der Waals surface area contributed by atoms with Gasteiger partial charge in [-0.1, -0.05) is 30.3 Å².